The molecule has 0 unspecified atom stereocenters. The number of amides is 4. The molecule has 2 N–H and O–H groups in total. The van der Waals surface area contributed by atoms with E-state index in [2.05, 4.69) is 10.6 Å². The van der Waals surface area contributed by atoms with Crippen molar-refractivity contribution >= 4 is 41.0 Å². The summed E-state index contributed by atoms with van der Waals surface area (Å²) in [6, 6.07) is 10.6. The molecule has 10 heteroatoms. The molecule has 0 bridgehead atoms. The van der Waals surface area contributed by atoms with Crippen LogP contribution in [0.15, 0.2) is 47.4 Å². The molecule has 4 amide bonds. The molecule has 0 saturated heterocycles. The molecule has 0 fully saturated rings. The first kappa shape index (κ1) is 20.3. The van der Waals surface area contributed by atoms with E-state index in [1.807, 2.05) is 24.5 Å². The zero-order chi connectivity index (χ0) is 21.0. The van der Waals surface area contributed by atoms with Crippen LogP contribution in [-0.2, 0) is 0 Å². The van der Waals surface area contributed by atoms with Gasteiger partial charge in [0.05, 0.1) is 16.1 Å². The highest BCUT2D eigenvalue weighted by molar-refractivity contribution is 7.98. The van der Waals surface area contributed by atoms with Crippen LogP contribution in [0.4, 0.5) is 16.2 Å². The van der Waals surface area contributed by atoms with E-state index in [9.17, 15) is 24.5 Å². The molecule has 0 aromatic heterocycles. The van der Waals surface area contributed by atoms with Crippen LogP contribution in [0.5, 0.6) is 0 Å². The van der Waals surface area contributed by atoms with E-state index in [0.29, 0.717) is 12.1 Å². The lowest BCUT2D eigenvalue weighted by Crippen LogP contribution is -2.35. The highest BCUT2D eigenvalue weighted by atomic mass is 32.2. The van der Waals surface area contributed by atoms with Crippen LogP contribution in [0.25, 0.3) is 0 Å². The minimum Gasteiger partial charge on any atom is -0.338 e. The summed E-state index contributed by atoms with van der Waals surface area (Å²) < 4.78 is 0. The van der Waals surface area contributed by atoms with Crippen molar-refractivity contribution in [1.82, 2.24) is 10.2 Å². The number of nitro groups is 1. The molecular formula is C19H18N4O5S. The number of anilines is 1. The molecule has 0 aliphatic carbocycles. The number of nitro benzene ring substituents is 1. The van der Waals surface area contributed by atoms with Gasteiger partial charge in [-0.05, 0) is 36.9 Å². The number of thioether (sulfide) groups is 1. The summed E-state index contributed by atoms with van der Waals surface area (Å²) in [6.45, 7) is 0.351. The number of carbonyl (C=O) groups is 3. The summed E-state index contributed by atoms with van der Waals surface area (Å²) in [5, 5.41) is 16.3. The maximum atomic E-state index is 12.4. The van der Waals surface area contributed by atoms with E-state index in [-0.39, 0.29) is 35.9 Å². The molecule has 0 radical (unpaired) electrons. The minimum absolute atomic E-state index is 0.0311. The first-order valence-corrected chi connectivity index (χ1v) is 9.96. The zero-order valence-electron chi connectivity index (χ0n) is 15.5. The van der Waals surface area contributed by atoms with Gasteiger partial charge in [-0.3, -0.25) is 24.6 Å². The SMILES string of the molecule is CSc1cccc(NC(=O)NCCCN2C(=O)c3ccc([N+](=O)[O-])cc3C2=O)c1. The van der Waals surface area contributed by atoms with Gasteiger partial charge in [0.1, 0.15) is 0 Å². The summed E-state index contributed by atoms with van der Waals surface area (Å²) in [6.07, 6.45) is 2.29. The number of nitrogens with one attached hydrogen (secondary N) is 2. The zero-order valence-corrected chi connectivity index (χ0v) is 16.3. The fraction of sp³-hybridized carbons (Fsp3) is 0.211. The third-order valence-electron chi connectivity index (χ3n) is 4.34. The third kappa shape index (κ3) is 4.54. The Labute approximate surface area is 170 Å². The van der Waals surface area contributed by atoms with E-state index in [1.54, 1.807) is 17.8 Å². The van der Waals surface area contributed by atoms with Crippen LogP contribution >= 0.6 is 11.8 Å². The van der Waals surface area contributed by atoms with Crippen molar-refractivity contribution in [2.75, 3.05) is 24.7 Å². The molecule has 2 aromatic rings. The van der Waals surface area contributed by atoms with Gasteiger partial charge in [-0.1, -0.05) is 6.07 Å². The van der Waals surface area contributed by atoms with Crippen LogP contribution in [0, 0.1) is 10.1 Å². The fourth-order valence-corrected chi connectivity index (χ4v) is 3.37. The van der Waals surface area contributed by atoms with Crippen LogP contribution in [0.3, 0.4) is 0 Å². The molecule has 9 nitrogen and oxygen atoms in total. The molecular weight excluding hydrogens is 396 g/mol. The molecule has 150 valence electrons. The van der Waals surface area contributed by atoms with Gasteiger partial charge in [0.25, 0.3) is 17.5 Å². The second-order valence-electron chi connectivity index (χ2n) is 6.22. The molecule has 1 aliphatic rings. The number of rotatable bonds is 7. The maximum Gasteiger partial charge on any atom is 0.319 e. The van der Waals surface area contributed by atoms with Crippen molar-refractivity contribution in [3.8, 4) is 0 Å². The third-order valence-corrected chi connectivity index (χ3v) is 5.06. The van der Waals surface area contributed by atoms with Crippen molar-refractivity contribution < 1.29 is 19.3 Å². The topological polar surface area (TPSA) is 122 Å². The lowest BCUT2D eigenvalue weighted by molar-refractivity contribution is -0.384. The first-order valence-electron chi connectivity index (χ1n) is 8.74. The Morgan fingerprint density at radius 3 is 2.62 bits per heavy atom. The van der Waals surface area contributed by atoms with Crippen molar-refractivity contribution in [3.63, 3.8) is 0 Å². The molecule has 0 atom stereocenters. The Morgan fingerprint density at radius 1 is 1.14 bits per heavy atom. The summed E-state index contributed by atoms with van der Waals surface area (Å²) in [7, 11) is 0. The number of benzene rings is 2. The van der Waals surface area contributed by atoms with E-state index in [4.69, 9.17) is 0 Å². The van der Waals surface area contributed by atoms with Gasteiger partial charge in [0, 0.05) is 35.8 Å². The highest BCUT2D eigenvalue weighted by Crippen LogP contribution is 2.26. The predicted octanol–water partition coefficient (Wildman–Crippen LogP) is 3.12. The number of imide groups is 1. The second-order valence-corrected chi connectivity index (χ2v) is 7.10. The summed E-state index contributed by atoms with van der Waals surface area (Å²) >= 11 is 1.56. The van der Waals surface area contributed by atoms with Gasteiger partial charge < -0.3 is 10.6 Å². The quantitative estimate of drug-likeness (QED) is 0.236. The Kier molecular flexibility index (Phi) is 6.13. The van der Waals surface area contributed by atoms with E-state index >= 15 is 0 Å². The molecule has 29 heavy (non-hydrogen) atoms. The Morgan fingerprint density at radius 2 is 1.90 bits per heavy atom. The molecule has 3 rings (SSSR count). The molecule has 0 spiro atoms. The van der Waals surface area contributed by atoms with Crippen molar-refractivity contribution in [3.05, 3.63) is 63.7 Å². The fourth-order valence-electron chi connectivity index (χ4n) is 2.91. The normalized spacial score (nSPS) is 12.7. The standard InChI is InChI=1S/C19H18N4O5S/c1-29-14-5-2-4-12(10-14)21-19(26)20-8-3-9-22-17(24)15-7-6-13(23(27)28)11-16(15)18(22)25/h2,4-7,10-11H,3,8-9H2,1H3,(H2,20,21,26). The maximum absolute atomic E-state index is 12.4. The van der Waals surface area contributed by atoms with Gasteiger partial charge in [-0.2, -0.15) is 0 Å². The lowest BCUT2D eigenvalue weighted by Gasteiger charge is -2.14. The Bertz CT molecular complexity index is 994. The van der Waals surface area contributed by atoms with Gasteiger partial charge in [-0.25, -0.2) is 4.79 Å². The summed E-state index contributed by atoms with van der Waals surface area (Å²) in [5.74, 6) is -1.05. The van der Waals surface area contributed by atoms with Gasteiger partial charge >= 0.3 is 6.03 Å². The average Bonchev–Trinajstić information content (AvgIpc) is 2.95. The summed E-state index contributed by atoms with van der Waals surface area (Å²) in [4.78, 5) is 49.0. The number of non-ortho nitro benzene ring substituents is 1. The number of carbonyl (C=O) groups excluding carboxylic acids is 3. The van der Waals surface area contributed by atoms with Crippen LogP contribution in [0.2, 0.25) is 0 Å². The molecule has 0 saturated carbocycles. The predicted molar refractivity (Wildman–Crippen MR) is 108 cm³/mol. The Hall–Kier alpha value is -3.40. The molecule has 1 heterocycles. The number of hydrogen-bond donors (Lipinski definition) is 2. The molecule has 1 aliphatic heterocycles. The monoisotopic (exact) mass is 414 g/mol. The van der Waals surface area contributed by atoms with E-state index in [1.165, 1.54) is 12.1 Å². The number of hydrogen-bond acceptors (Lipinski definition) is 6. The summed E-state index contributed by atoms with van der Waals surface area (Å²) in [5.41, 5.74) is 0.607. The largest absolute Gasteiger partial charge is 0.338 e. The van der Waals surface area contributed by atoms with Gasteiger partial charge in [0.2, 0.25) is 0 Å². The second kappa shape index (κ2) is 8.74. The minimum atomic E-state index is -0.613. The number of urea groups is 1. The van der Waals surface area contributed by atoms with Gasteiger partial charge in [0.15, 0.2) is 0 Å². The number of fused-ring (bicyclic) bond motifs is 1. The van der Waals surface area contributed by atoms with Crippen LogP contribution in [0.1, 0.15) is 27.1 Å². The highest BCUT2D eigenvalue weighted by Gasteiger charge is 2.36. The Balaban J connectivity index is 1.50. The average molecular weight is 414 g/mol. The number of nitrogens with zero attached hydrogens (tertiary/aromatic N) is 2. The lowest BCUT2D eigenvalue weighted by atomic mass is 10.1. The van der Waals surface area contributed by atoms with Crippen LogP contribution < -0.4 is 10.6 Å². The van der Waals surface area contributed by atoms with Crippen molar-refractivity contribution in [1.29, 1.82) is 0 Å². The smallest absolute Gasteiger partial charge is 0.319 e. The van der Waals surface area contributed by atoms with Crippen molar-refractivity contribution in [2.24, 2.45) is 0 Å². The van der Waals surface area contributed by atoms with Gasteiger partial charge in [-0.15, -0.1) is 11.8 Å². The first-order chi connectivity index (χ1) is 13.9. The van der Waals surface area contributed by atoms with E-state index < -0.39 is 16.7 Å². The van der Waals surface area contributed by atoms with Crippen LogP contribution in [-0.4, -0.2) is 47.0 Å². The molecule has 2 aromatic carbocycles. The van der Waals surface area contributed by atoms with Crippen molar-refractivity contribution in [2.45, 2.75) is 11.3 Å². The van der Waals surface area contributed by atoms with E-state index in [0.717, 1.165) is 15.9 Å².